The van der Waals surface area contributed by atoms with Gasteiger partial charge in [0.2, 0.25) is 0 Å². The fourth-order valence-electron chi connectivity index (χ4n) is 4.49. The van der Waals surface area contributed by atoms with Gasteiger partial charge in [0.05, 0.1) is 20.8 Å². The zero-order valence-electron chi connectivity index (χ0n) is 14.5. The average molecular weight is 373 g/mol. The van der Waals surface area contributed by atoms with Crippen molar-refractivity contribution in [3.05, 3.63) is 70.9 Å². The second-order valence-electron chi connectivity index (χ2n) is 7.01. The smallest absolute Gasteiger partial charge is 0.102 e. The molecule has 0 aromatic heterocycles. The van der Waals surface area contributed by atoms with Crippen molar-refractivity contribution < 1.29 is 0 Å². The summed E-state index contributed by atoms with van der Waals surface area (Å²) in [5, 5.41) is 10.1. The lowest BCUT2D eigenvalue weighted by Crippen LogP contribution is -2.46. The monoisotopic (exact) mass is 372 g/mol. The van der Waals surface area contributed by atoms with Crippen molar-refractivity contribution >= 4 is 41.4 Å². The Morgan fingerprint density at radius 2 is 1.38 bits per heavy atom. The summed E-state index contributed by atoms with van der Waals surface area (Å²) in [6.07, 6.45) is 0. The Morgan fingerprint density at radius 3 is 1.92 bits per heavy atom. The highest BCUT2D eigenvalue weighted by Crippen LogP contribution is 2.72. The van der Waals surface area contributed by atoms with Crippen molar-refractivity contribution in [1.82, 2.24) is 0 Å². The predicted octanol–water partition coefficient (Wildman–Crippen LogP) is 5.82. The van der Waals surface area contributed by atoms with Crippen molar-refractivity contribution in [3.8, 4) is 6.07 Å². The standard InChI is InChI=1S/C22H16N2S2/c1-21-18(13-8-4-6-10-16(13)25-21)15(12-23)20(24-3)19-14-9-5-7-11-17(14)26-22(19,21)2/h4-11H,3H2,1-2H3/t21-,22-/m0/s1. The van der Waals surface area contributed by atoms with Crippen LogP contribution in [0.1, 0.15) is 25.0 Å². The van der Waals surface area contributed by atoms with E-state index in [0.29, 0.717) is 5.57 Å². The Morgan fingerprint density at radius 1 is 0.885 bits per heavy atom. The number of benzene rings is 2. The molecule has 0 unspecified atom stereocenters. The van der Waals surface area contributed by atoms with Crippen LogP contribution in [0.25, 0.3) is 11.1 Å². The Hall–Kier alpha value is -2.22. The molecule has 2 aromatic rings. The third-order valence-electron chi connectivity index (χ3n) is 5.80. The van der Waals surface area contributed by atoms with Crippen molar-refractivity contribution in [2.45, 2.75) is 33.1 Å². The number of thioether (sulfide) groups is 2. The zero-order chi connectivity index (χ0) is 18.1. The fraction of sp³-hybridized carbons (Fsp3) is 0.182. The summed E-state index contributed by atoms with van der Waals surface area (Å²) in [5.41, 5.74) is 6.02. The van der Waals surface area contributed by atoms with Gasteiger partial charge in [0, 0.05) is 15.4 Å². The molecule has 0 fully saturated rings. The highest BCUT2D eigenvalue weighted by molar-refractivity contribution is 8.06. The topological polar surface area (TPSA) is 36.1 Å². The Balaban J connectivity index is 1.94. The van der Waals surface area contributed by atoms with E-state index in [-0.39, 0.29) is 9.49 Å². The molecule has 0 saturated carbocycles. The normalized spacial score (nSPS) is 28.2. The van der Waals surface area contributed by atoms with Gasteiger partial charge in [-0.1, -0.05) is 36.4 Å². The van der Waals surface area contributed by atoms with Gasteiger partial charge in [-0.2, -0.15) is 5.26 Å². The van der Waals surface area contributed by atoms with Crippen LogP contribution in [-0.2, 0) is 0 Å². The van der Waals surface area contributed by atoms with E-state index in [2.05, 4.69) is 74.1 Å². The number of hydrogen-bond acceptors (Lipinski definition) is 4. The van der Waals surface area contributed by atoms with E-state index in [1.807, 2.05) is 29.6 Å². The first kappa shape index (κ1) is 16.0. The Labute approximate surface area is 161 Å². The van der Waals surface area contributed by atoms with E-state index in [4.69, 9.17) is 0 Å². The van der Waals surface area contributed by atoms with Gasteiger partial charge in [0.25, 0.3) is 0 Å². The van der Waals surface area contributed by atoms with Crippen molar-refractivity contribution in [2.24, 2.45) is 4.99 Å². The highest BCUT2D eigenvalue weighted by Gasteiger charge is 2.61. The first-order valence-electron chi connectivity index (χ1n) is 8.48. The van der Waals surface area contributed by atoms with Crippen LogP contribution in [0.15, 0.2) is 74.6 Å². The summed E-state index contributed by atoms with van der Waals surface area (Å²) >= 11 is 3.76. The zero-order valence-corrected chi connectivity index (χ0v) is 16.2. The van der Waals surface area contributed by atoms with Gasteiger partial charge in [0.1, 0.15) is 6.07 Å². The molecular formula is C22H16N2S2. The third-order valence-corrected chi connectivity index (χ3v) is 9.12. The molecular weight excluding hydrogens is 356 g/mol. The second kappa shape index (κ2) is 5.16. The summed E-state index contributed by atoms with van der Waals surface area (Å²) < 4.78 is -0.457. The van der Waals surface area contributed by atoms with Crippen molar-refractivity contribution in [3.63, 3.8) is 0 Å². The number of hydrogen-bond donors (Lipinski definition) is 0. The van der Waals surface area contributed by atoms with Gasteiger partial charge in [-0.3, -0.25) is 4.99 Å². The van der Waals surface area contributed by atoms with Crippen LogP contribution in [0, 0.1) is 11.3 Å². The molecule has 3 aliphatic rings. The molecule has 2 atom stereocenters. The summed E-state index contributed by atoms with van der Waals surface area (Å²) in [4.78, 5) is 6.87. The van der Waals surface area contributed by atoms with Crippen LogP contribution in [0.5, 0.6) is 0 Å². The molecule has 2 heterocycles. The van der Waals surface area contributed by atoms with E-state index >= 15 is 0 Å². The quantitative estimate of drug-likeness (QED) is 0.592. The molecule has 0 saturated heterocycles. The lowest BCUT2D eigenvalue weighted by Gasteiger charge is -2.45. The minimum atomic E-state index is -0.241. The summed E-state index contributed by atoms with van der Waals surface area (Å²) in [6, 6.07) is 19.3. The molecule has 2 nitrogen and oxygen atoms in total. The van der Waals surface area contributed by atoms with Crippen LogP contribution in [0.3, 0.4) is 0 Å². The average Bonchev–Trinajstić information content (AvgIpc) is 3.13. The molecule has 5 rings (SSSR count). The van der Waals surface area contributed by atoms with Gasteiger partial charge < -0.3 is 0 Å². The molecule has 4 heteroatoms. The molecule has 0 amide bonds. The van der Waals surface area contributed by atoms with E-state index in [1.54, 1.807) is 0 Å². The van der Waals surface area contributed by atoms with Gasteiger partial charge >= 0.3 is 0 Å². The molecule has 0 radical (unpaired) electrons. The number of allylic oxidation sites excluding steroid dienone is 1. The molecule has 26 heavy (non-hydrogen) atoms. The lowest BCUT2D eigenvalue weighted by molar-refractivity contribution is 0.686. The van der Waals surface area contributed by atoms with Crippen LogP contribution < -0.4 is 0 Å². The Kier molecular flexibility index (Phi) is 3.17. The largest absolute Gasteiger partial charge is 0.263 e. The highest BCUT2D eigenvalue weighted by atomic mass is 32.2. The fourth-order valence-corrected chi connectivity index (χ4v) is 7.69. The van der Waals surface area contributed by atoms with Crippen LogP contribution in [0.2, 0.25) is 0 Å². The molecule has 0 N–H and O–H groups in total. The van der Waals surface area contributed by atoms with Gasteiger partial charge in [-0.15, -0.1) is 23.5 Å². The van der Waals surface area contributed by atoms with Crippen molar-refractivity contribution in [1.29, 1.82) is 5.26 Å². The van der Waals surface area contributed by atoms with Gasteiger partial charge in [-0.25, -0.2) is 0 Å². The maximum Gasteiger partial charge on any atom is 0.102 e. The molecule has 0 bridgehead atoms. The first-order chi connectivity index (χ1) is 12.5. The number of fused-ring (bicyclic) bond motifs is 7. The van der Waals surface area contributed by atoms with E-state index in [0.717, 1.165) is 22.4 Å². The number of nitriles is 1. The molecule has 126 valence electrons. The van der Waals surface area contributed by atoms with E-state index < -0.39 is 0 Å². The maximum atomic E-state index is 10.1. The number of nitrogens with zero attached hydrogens (tertiary/aromatic N) is 2. The van der Waals surface area contributed by atoms with E-state index in [9.17, 15) is 5.26 Å². The van der Waals surface area contributed by atoms with Crippen molar-refractivity contribution in [2.75, 3.05) is 0 Å². The summed E-state index contributed by atoms with van der Waals surface area (Å²) in [5.74, 6) is 0. The first-order valence-corrected chi connectivity index (χ1v) is 10.1. The van der Waals surface area contributed by atoms with E-state index in [1.165, 1.54) is 15.4 Å². The predicted molar refractivity (Wildman–Crippen MR) is 110 cm³/mol. The summed E-state index contributed by atoms with van der Waals surface area (Å²) in [7, 11) is 0. The molecule has 1 aliphatic carbocycles. The maximum absolute atomic E-state index is 10.1. The number of rotatable bonds is 1. The minimum absolute atomic E-state index is 0.216. The molecule has 0 spiro atoms. The molecule has 2 aliphatic heterocycles. The van der Waals surface area contributed by atoms with Gasteiger partial charge in [-0.05, 0) is 49.4 Å². The summed E-state index contributed by atoms with van der Waals surface area (Å²) in [6.45, 7) is 8.41. The Bertz CT molecular complexity index is 1110. The SMILES string of the molecule is C=NC1=C2c3ccccc3S[C@]2(C)[C@@]2(C)Sc3ccccc3C2=C1C#N. The van der Waals surface area contributed by atoms with Crippen LogP contribution in [-0.4, -0.2) is 16.2 Å². The minimum Gasteiger partial charge on any atom is -0.263 e. The second-order valence-corrected chi connectivity index (χ2v) is 9.93. The number of aliphatic imine (C=N–C) groups is 1. The van der Waals surface area contributed by atoms with Crippen LogP contribution >= 0.6 is 23.5 Å². The van der Waals surface area contributed by atoms with Gasteiger partial charge in [0.15, 0.2) is 0 Å². The third kappa shape index (κ3) is 1.68. The van der Waals surface area contributed by atoms with Crippen LogP contribution in [0.4, 0.5) is 0 Å². The lowest BCUT2D eigenvalue weighted by atomic mass is 9.70. The molecule has 2 aromatic carbocycles.